The molecule has 1 aromatic heterocycles. The molecule has 0 aromatic carbocycles. The van der Waals surface area contributed by atoms with Crippen LogP contribution in [-0.2, 0) is 4.74 Å². The number of aryl methyl sites for hydroxylation is 1. The van der Waals surface area contributed by atoms with E-state index in [0.29, 0.717) is 12.1 Å². The minimum Gasteiger partial charge on any atom is -0.383 e. The molecule has 1 N–H and O–H groups in total. The summed E-state index contributed by atoms with van der Waals surface area (Å²) >= 11 is 1.85. The summed E-state index contributed by atoms with van der Waals surface area (Å²) < 4.78 is 5.09. The average Bonchev–Trinajstić information content (AvgIpc) is 2.52. The van der Waals surface area contributed by atoms with Gasteiger partial charge in [-0.1, -0.05) is 0 Å². The van der Waals surface area contributed by atoms with E-state index in [1.54, 1.807) is 7.11 Å². The normalized spacial score (nSPS) is 15.4. The maximum absolute atomic E-state index is 5.09. The molecule has 3 heteroatoms. The topological polar surface area (TPSA) is 21.3 Å². The lowest BCUT2D eigenvalue weighted by atomic mass is 10.2. The zero-order valence-corrected chi connectivity index (χ0v) is 10.1. The van der Waals surface area contributed by atoms with Crippen molar-refractivity contribution in [2.45, 2.75) is 32.9 Å². The third kappa shape index (κ3) is 3.40. The Labute approximate surface area is 90.3 Å². The van der Waals surface area contributed by atoms with E-state index < -0.39 is 0 Å². The van der Waals surface area contributed by atoms with Crippen molar-refractivity contribution in [3.63, 3.8) is 0 Å². The summed E-state index contributed by atoms with van der Waals surface area (Å²) in [5, 5.41) is 3.50. The SMILES string of the molecule is COC[C@H](C)N[C@H](C)c1ccc(C)s1. The van der Waals surface area contributed by atoms with Gasteiger partial charge in [-0.05, 0) is 32.9 Å². The van der Waals surface area contributed by atoms with Gasteiger partial charge in [0.05, 0.1) is 6.61 Å². The standard InChI is InChI=1S/C11H19NOS/c1-8(7-13-4)12-10(3)11-6-5-9(2)14-11/h5-6,8,10,12H,7H2,1-4H3/t8-,10+/m0/s1. The summed E-state index contributed by atoms with van der Waals surface area (Å²) in [5.41, 5.74) is 0. The van der Waals surface area contributed by atoms with Crippen LogP contribution in [0, 0.1) is 6.92 Å². The van der Waals surface area contributed by atoms with E-state index >= 15 is 0 Å². The van der Waals surface area contributed by atoms with Crippen LogP contribution in [0.5, 0.6) is 0 Å². The Morgan fingerprint density at radius 1 is 1.43 bits per heavy atom. The van der Waals surface area contributed by atoms with Crippen LogP contribution >= 0.6 is 11.3 Å². The number of methoxy groups -OCH3 is 1. The third-order valence-electron chi connectivity index (χ3n) is 2.14. The molecule has 0 unspecified atom stereocenters. The van der Waals surface area contributed by atoms with Crippen molar-refractivity contribution < 1.29 is 4.74 Å². The van der Waals surface area contributed by atoms with Gasteiger partial charge < -0.3 is 10.1 Å². The van der Waals surface area contributed by atoms with Crippen LogP contribution in [0.25, 0.3) is 0 Å². The van der Waals surface area contributed by atoms with Gasteiger partial charge in [0, 0.05) is 28.9 Å². The van der Waals surface area contributed by atoms with Crippen molar-refractivity contribution in [2.75, 3.05) is 13.7 Å². The van der Waals surface area contributed by atoms with E-state index in [1.807, 2.05) is 11.3 Å². The van der Waals surface area contributed by atoms with E-state index in [1.165, 1.54) is 9.75 Å². The van der Waals surface area contributed by atoms with Gasteiger partial charge in [-0.2, -0.15) is 0 Å². The molecule has 2 nitrogen and oxygen atoms in total. The highest BCUT2D eigenvalue weighted by molar-refractivity contribution is 7.12. The molecule has 1 rings (SSSR count). The van der Waals surface area contributed by atoms with Crippen LogP contribution in [0.3, 0.4) is 0 Å². The number of nitrogens with one attached hydrogen (secondary N) is 1. The highest BCUT2D eigenvalue weighted by Gasteiger charge is 2.10. The molecule has 0 bridgehead atoms. The fourth-order valence-electron chi connectivity index (χ4n) is 1.49. The Balaban J connectivity index is 2.45. The largest absolute Gasteiger partial charge is 0.383 e. The predicted molar refractivity (Wildman–Crippen MR) is 61.9 cm³/mol. The molecule has 0 aliphatic rings. The van der Waals surface area contributed by atoms with Crippen LogP contribution in [0.2, 0.25) is 0 Å². The van der Waals surface area contributed by atoms with E-state index in [2.05, 4.69) is 38.2 Å². The molecule has 0 amide bonds. The summed E-state index contributed by atoms with van der Waals surface area (Å²) in [7, 11) is 1.73. The fourth-order valence-corrected chi connectivity index (χ4v) is 2.38. The van der Waals surface area contributed by atoms with E-state index in [4.69, 9.17) is 4.74 Å². The smallest absolute Gasteiger partial charge is 0.0613 e. The lowest BCUT2D eigenvalue weighted by Crippen LogP contribution is -2.32. The second kappa shape index (κ2) is 5.49. The van der Waals surface area contributed by atoms with Gasteiger partial charge in [0.1, 0.15) is 0 Å². The van der Waals surface area contributed by atoms with Gasteiger partial charge in [0.2, 0.25) is 0 Å². The van der Waals surface area contributed by atoms with Gasteiger partial charge in [-0.25, -0.2) is 0 Å². The molecular weight excluding hydrogens is 194 g/mol. The third-order valence-corrected chi connectivity index (χ3v) is 3.32. The maximum atomic E-state index is 5.09. The summed E-state index contributed by atoms with van der Waals surface area (Å²) in [4.78, 5) is 2.76. The number of rotatable bonds is 5. The summed E-state index contributed by atoms with van der Waals surface area (Å²) in [5.74, 6) is 0. The van der Waals surface area contributed by atoms with Crippen LogP contribution in [0.15, 0.2) is 12.1 Å². The Morgan fingerprint density at radius 3 is 2.64 bits per heavy atom. The number of hydrogen-bond donors (Lipinski definition) is 1. The first kappa shape index (κ1) is 11.7. The van der Waals surface area contributed by atoms with Crippen LogP contribution < -0.4 is 5.32 Å². The second-order valence-corrected chi connectivity index (χ2v) is 5.01. The van der Waals surface area contributed by atoms with E-state index in [9.17, 15) is 0 Å². The molecule has 0 aliphatic heterocycles. The van der Waals surface area contributed by atoms with Crippen LogP contribution in [0.1, 0.15) is 29.6 Å². The minimum absolute atomic E-state index is 0.400. The molecule has 0 radical (unpaired) electrons. The lowest BCUT2D eigenvalue weighted by molar-refractivity contribution is 0.168. The second-order valence-electron chi connectivity index (χ2n) is 3.69. The van der Waals surface area contributed by atoms with Crippen molar-refractivity contribution in [3.8, 4) is 0 Å². The van der Waals surface area contributed by atoms with Crippen molar-refractivity contribution >= 4 is 11.3 Å². The molecule has 1 aromatic rings. The van der Waals surface area contributed by atoms with Crippen molar-refractivity contribution in [1.82, 2.24) is 5.32 Å². The molecule has 0 saturated carbocycles. The predicted octanol–water partition coefficient (Wildman–Crippen LogP) is 2.74. The number of hydrogen-bond acceptors (Lipinski definition) is 3. The molecule has 0 fully saturated rings. The zero-order chi connectivity index (χ0) is 10.6. The summed E-state index contributed by atoms with van der Waals surface area (Å²) in [6, 6.07) is 5.17. The highest BCUT2D eigenvalue weighted by atomic mass is 32.1. The molecule has 80 valence electrons. The molecule has 2 atom stereocenters. The molecule has 14 heavy (non-hydrogen) atoms. The van der Waals surface area contributed by atoms with E-state index in [-0.39, 0.29) is 0 Å². The van der Waals surface area contributed by atoms with Gasteiger partial charge in [-0.3, -0.25) is 0 Å². The summed E-state index contributed by atoms with van der Waals surface area (Å²) in [6.07, 6.45) is 0. The van der Waals surface area contributed by atoms with Crippen LogP contribution in [-0.4, -0.2) is 19.8 Å². The first-order chi connectivity index (χ1) is 6.63. The Morgan fingerprint density at radius 2 is 2.14 bits per heavy atom. The average molecular weight is 213 g/mol. The Bertz CT molecular complexity index is 272. The van der Waals surface area contributed by atoms with Crippen molar-refractivity contribution in [1.29, 1.82) is 0 Å². The van der Waals surface area contributed by atoms with Gasteiger partial charge in [0.25, 0.3) is 0 Å². The Kier molecular flexibility index (Phi) is 4.58. The maximum Gasteiger partial charge on any atom is 0.0613 e. The highest BCUT2D eigenvalue weighted by Crippen LogP contribution is 2.22. The van der Waals surface area contributed by atoms with Gasteiger partial charge in [0.15, 0.2) is 0 Å². The number of thiophene rings is 1. The molecule has 0 spiro atoms. The van der Waals surface area contributed by atoms with Gasteiger partial charge in [-0.15, -0.1) is 11.3 Å². The first-order valence-corrected chi connectivity index (χ1v) is 5.76. The number of ether oxygens (including phenoxy) is 1. The lowest BCUT2D eigenvalue weighted by Gasteiger charge is -2.18. The van der Waals surface area contributed by atoms with E-state index in [0.717, 1.165) is 6.61 Å². The molecule has 0 aliphatic carbocycles. The summed E-state index contributed by atoms with van der Waals surface area (Å²) in [6.45, 7) is 7.23. The van der Waals surface area contributed by atoms with Gasteiger partial charge >= 0.3 is 0 Å². The monoisotopic (exact) mass is 213 g/mol. The molecular formula is C11H19NOS. The van der Waals surface area contributed by atoms with Crippen LogP contribution in [0.4, 0.5) is 0 Å². The fraction of sp³-hybridized carbons (Fsp3) is 0.636. The minimum atomic E-state index is 0.400. The van der Waals surface area contributed by atoms with Crippen molar-refractivity contribution in [3.05, 3.63) is 21.9 Å². The first-order valence-electron chi connectivity index (χ1n) is 4.94. The Hall–Kier alpha value is -0.380. The van der Waals surface area contributed by atoms with Crippen molar-refractivity contribution in [2.24, 2.45) is 0 Å². The molecule has 0 saturated heterocycles. The molecule has 1 heterocycles. The zero-order valence-electron chi connectivity index (χ0n) is 9.33. The quantitative estimate of drug-likeness (QED) is 0.812.